The molecule has 0 aliphatic heterocycles. The fourth-order valence-corrected chi connectivity index (χ4v) is 2.75. The van der Waals surface area contributed by atoms with Crippen LogP contribution in [0.3, 0.4) is 0 Å². The Balaban J connectivity index is 2.13. The lowest BCUT2D eigenvalue weighted by atomic mass is 10.3. The van der Waals surface area contributed by atoms with Gasteiger partial charge in [-0.05, 0) is 32.4 Å². The number of thiophene rings is 1. The lowest BCUT2D eigenvalue weighted by Crippen LogP contribution is -2.11. The molecule has 0 amide bonds. The van der Waals surface area contributed by atoms with E-state index in [1.807, 2.05) is 6.92 Å². The molecule has 0 bridgehead atoms. The van der Waals surface area contributed by atoms with Crippen LogP contribution < -0.4 is 5.32 Å². The normalized spacial score (nSPS) is 10.4. The second kappa shape index (κ2) is 6.00. The van der Waals surface area contributed by atoms with Gasteiger partial charge in [-0.25, -0.2) is 14.8 Å². The minimum absolute atomic E-state index is 0.0774. The largest absolute Gasteiger partial charge is 0.463 e. The second-order valence-electron chi connectivity index (χ2n) is 4.52. The topological polar surface area (TPSA) is 64.1 Å². The van der Waals surface area contributed by atoms with Crippen LogP contribution in [0.15, 0.2) is 12.1 Å². The zero-order valence-electron chi connectivity index (χ0n) is 12.0. The number of rotatable bonds is 4. The number of nitrogens with one attached hydrogen (secondary N) is 1. The molecule has 0 unspecified atom stereocenters. The molecule has 0 radical (unpaired) electrons. The van der Waals surface area contributed by atoms with Crippen LogP contribution in [0.25, 0.3) is 0 Å². The number of anilines is 1. The van der Waals surface area contributed by atoms with E-state index in [0.29, 0.717) is 12.4 Å². The summed E-state index contributed by atoms with van der Waals surface area (Å²) < 4.78 is 4.64. The Bertz CT molecular complexity index is 618. The molecule has 0 atom stereocenters. The summed E-state index contributed by atoms with van der Waals surface area (Å²) >= 11 is 1.76. The quantitative estimate of drug-likeness (QED) is 0.878. The fourth-order valence-electron chi connectivity index (χ4n) is 1.76. The summed E-state index contributed by atoms with van der Waals surface area (Å²) in [5, 5.41) is 3.21. The van der Waals surface area contributed by atoms with Crippen molar-refractivity contribution in [2.24, 2.45) is 0 Å². The molecule has 1 N–H and O–H groups in total. The second-order valence-corrected chi connectivity index (χ2v) is 5.86. The predicted octanol–water partition coefficient (Wildman–Crippen LogP) is 2.86. The van der Waals surface area contributed by atoms with Gasteiger partial charge in [0.05, 0.1) is 13.7 Å². The van der Waals surface area contributed by atoms with Crippen molar-refractivity contribution >= 4 is 23.1 Å². The molecule has 106 valence electrons. The van der Waals surface area contributed by atoms with Gasteiger partial charge in [-0.1, -0.05) is 0 Å². The zero-order chi connectivity index (χ0) is 14.7. The van der Waals surface area contributed by atoms with Crippen molar-refractivity contribution in [1.29, 1.82) is 0 Å². The number of aromatic nitrogens is 2. The molecule has 0 aliphatic carbocycles. The molecule has 0 aliphatic rings. The average Bonchev–Trinajstić information content (AvgIpc) is 2.74. The first-order chi connectivity index (χ1) is 9.49. The van der Waals surface area contributed by atoms with Gasteiger partial charge in [0, 0.05) is 21.5 Å². The Labute approximate surface area is 122 Å². The van der Waals surface area contributed by atoms with E-state index >= 15 is 0 Å². The van der Waals surface area contributed by atoms with E-state index in [0.717, 1.165) is 5.69 Å². The van der Waals surface area contributed by atoms with Crippen LogP contribution in [0.1, 0.15) is 31.6 Å². The highest BCUT2D eigenvalue weighted by molar-refractivity contribution is 7.12. The van der Waals surface area contributed by atoms with Crippen molar-refractivity contribution in [1.82, 2.24) is 9.97 Å². The smallest absolute Gasteiger partial charge is 0.376 e. The number of esters is 1. The summed E-state index contributed by atoms with van der Waals surface area (Å²) in [7, 11) is 1.32. The summed E-state index contributed by atoms with van der Waals surface area (Å²) in [5.41, 5.74) is 2.02. The van der Waals surface area contributed by atoms with Gasteiger partial charge in [-0.15, -0.1) is 11.3 Å². The first-order valence-corrected chi connectivity index (χ1v) is 7.05. The molecular formula is C14H17N3O2S. The highest BCUT2D eigenvalue weighted by Gasteiger charge is 2.11. The third-order valence-corrected chi connectivity index (χ3v) is 4.04. The van der Waals surface area contributed by atoms with Gasteiger partial charge in [-0.3, -0.25) is 0 Å². The van der Waals surface area contributed by atoms with Crippen LogP contribution in [0, 0.1) is 20.8 Å². The first kappa shape index (κ1) is 14.5. The van der Waals surface area contributed by atoms with Crippen molar-refractivity contribution in [3.63, 3.8) is 0 Å². The number of hydrogen-bond donors (Lipinski definition) is 1. The molecule has 2 rings (SSSR count). The van der Waals surface area contributed by atoms with Gasteiger partial charge in [0.2, 0.25) is 5.82 Å². The van der Waals surface area contributed by atoms with Crippen LogP contribution in [0.2, 0.25) is 0 Å². The number of carbonyl (C=O) groups excluding carboxylic acids is 1. The van der Waals surface area contributed by atoms with Crippen LogP contribution in [0.4, 0.5) is 5.82 Å². The van der Waals surface area contributed by atoms with E-state index < -0.39 is 5.97 Å². The molecule has 20 heavy (non-hydrogen) atoms. The van der Waals surface area contributed by atoms with Gasteiger partial charge < -0.3 is 10.1 Å². The van der Waals surface area contributed by atoms with Crippen LogP contribution in [-0.2, 0) is 11.3 Å². The first-order valence-electron chi connectivity index (χ1n) is 6.23. The minimum atomic E-state index is -0.528. The lowest BCUT2D eigenvalue weighted by Gasteiger charge is -2.06. The Morgan fingerprint density at radius 2 is 2.05 bits per heavy atom. The summed E-state index contributed by atoms with van der Waals surface area (Å²) in [5.74, 6) is 0.176. The van der Waals surface area contributed by atoms with Gasteiger partial charge in [0.1, 0.15) is 5.82 Å². The minimum Gasteiger partial charge on any atom is -0.463 e. The van der Waals surface area contributed by atoms with E-state index in [2.05, 4.69) is 39.9 Å². The fraction of sp³-hybridized carbons (Fsp3) is 0.357. The Hall–Kier alpha value is -1.95. The van der Waals surface area contributed by atoms with Gasteiger partial charge in [0.25, 0.3) is 0 Å². The summed E-state index contributed by atoms with van der Waals surface area (Å²) in [4.78, 5) is 22.2. The van der Waals surface area contributed by atoms with Gasteiger partial charge in [0.15, 0.2) is 0 Å². The van der Waals surface area contributed by atoms with Crippen LogP contribution in [0.5, 0.6) is 0 Å². The molecular weight excluding hydrogens is 274 g/mol. The van der Waals surface area contributed by atoms with Crippen LogP contribution in [-0.4, -0.2) is 23.0 Å². The predicted molar refractivity (Wildman–Crippen MR) is 79.2 cm³/mol. The maximum atomic E-state index is 11.5. The maximum Gasteiger partial charge on any atom is 0.376 e. The summed E-state index contributed by atoms with van der Waals surface area (Å²) in [6, 6.07) is 3.96. The highest BCUT2D eigenvalue weighted by atomic mass is 32.1. The van der Waals surface area contributed by atoms with E-state index in [4.69, 9.17) is 0 Å². The summed E-state index contributed by atoms with van der Waals surface area (Å²) in [6.07, 6.45) is 0. The van der Waals surface area contributed by atoms with E-state index in [9.17, 15) is 4.79 Å². The monoisotopic (exact) mass is 291 g/mol. The molecule has 2 heterocycles. The third-order valence-electron chi connectivity index (χ3n) is 2.88. The van der Waals surface area contributed by atoms with Crippen molar-refractivity contribution in [3.05, 3.63) is 39.0 Å². The molecule has 0 saturated heterocycles. The number of nitrogens with zero attached hydrogens (tertiary/aromatic N) is 2. The lowest BCUT2D eigenvalue weighted by molar-refractivity contribution is 0.0586. The Kier molecular flexibility index (Phi) is 4.34. The number of methoxy groups -OCH3 is 1. The van der Waals surface area contributed by atoms with Crippen molar-refractivity contribution < 1.29 is 9.53 Å². The summed E-state index contributed by atoms with van der Waals surface area (Å²) in [6.45, 7) is 6.70. The number of carbonyl (C=O) groups is 1. The molecule has 5 nitrogen and oxygen atoms in total. The van der Waals surface area contributed by atoms with Crippen molar-refractivity contribution in [2.45, 2.75) is 27.3 Å². The van der Waals surface area contributed by atoms with Gasteiger partial charge >= 0.3 is 5.97 Å². The van der Waals surface area contributed by atoms with Crippen molar-refractivity contribution in [2.75, 3.05) is 12.4 Å². The van der Waals surface area contributed by atoms with E-state index in [-0.39, 0.29) is 5.82 Å². The van der Waals surface area contributed by atoms with E-state index in [1.165, 1.54) is 22.4 Å². The zero-order valence-corrected chi connectivity index (χ0v) is 12.8. The SMILES string of the molecule is COC(=O)c1nc(C)cc(NCc2cc(C)c(C)s2)n1. The number of ether oxygens (including phenoxy) is 1. The molecule has 6 heteroatoms. The molecule has 0 saturated carbocycles. The molecule has 0 fully saturated rings. The van der Waals surface area contributed by atoms with Crippen LogP contribution >= 0.6 is 11.3 Å². The molecule has 2 aromatic rings. The average molecular weight is 291 g/mol. The van der Waals surface area contributed by atoms with E-state index in [1.54, 1.807) is 17.4 Å². The molecule has 2 aromatic heterocycles. The molecule has 0 spiro atoms. The maximum absolute atomic E-state index is 11.5. The molecule has 0 aromatic carbocycles. The van der Waals surface area contributed by atoms with Gasteiger partial charge in [-0.2, -0.15) is 0 Å². The Morgan fingerprint density at radius 3 is 2.65 bits per heavy atom. The third kappa shape index (κ3) is 3.33. The highest BCUT2D eigenvalue weighted by Crippen LogP contribution is 2.21. The number of aryl methyl sites for hydroxylation is 3. The standard InChI is InChI=1S/C14H17N3O2S/c1-8-5-11(20-10(8)3)7-15-12-6-9(2)16-13(17-12)14(18)19-4/h5-6H,7H2,1-4H3,(H,15,16,17). The van der Waals surface area contributed by atoms with Crippen molar-refractivity contribution in [3.8, 4) is 0 Å². The Morgan fingerprint density at radius 1 is 1.30 bits per heavy atom. The number of hydrogen-bond acceptors (Lipinski definition) is 6.